The van der Waals surface area contributed by atoms with Crippen LogP contribution in [-0.4, -0.2) is 12.2 Å². The summed E-state index contributed by atoms with van der Waals surface area (Å²) in [7, 11) is 0. The van der Waals surface area contributed by atoms with Crippen molar-refractivity contribution < 1.29 is 4.79 Å². The van der Waals surface area contributed by atoms with Crippen molar-refractivity contribution in [2.24, 2.45) is 0 Å². The van der Waals surface area contributed by atoms with Crippen LogP contribution in [0.15, 0.2) is 65.6 Å². The summed E-state index contributed by atoms with van der Waals surface area (Å²) in [6, 6.07) is 19.5. The lowest BCUT2D eigenvalue weighted by Crippen LogP contribution is -2.12. The largest absolute Gasteiger partial charge is 0.321 e. The van der Waals surface area contributed by atoms with E-state index in [1.807, 2.05) is 42.5 Å². The molecule has 0 heterocycles. The average Bonchev–Trinajstić information content (AvgIpc) is 2.56. The molecule has 0 atom stereocenters. The molecule has 0 aliphatic carbocycles. The molecule has 3 heteroatoms. The van der Waals surface area contributed by atoms with Crippen molar-refractivity contribution in [1.82, 2.24) is 0 Å². The quantitative estimate of drug-likeness (QED) is 0.680. The summed E-state index contributed by atoms with van der Waals surface area (Å²) in [6.07, 6.45) is 2.07. The second-order valence-electron chi connectivity index (χ2n) is 5.14. The lowest BCUT2D eigenvalue weighted by atomic mass is 10.1. The maximum absolute atomic E-state index is 12.4. The number of carbonyl (C=O) groups excluding carboxylic acids is 1. The predicted molar refractivity (Wildman–Crippen MR) is 94.9 cm³/mol. The number of aryl methyl sites for hydroxylation is 1. The molecule has 3 rings (SSSR count). The molecule has 3 aromatic carbocycles. The van der Waals surface area contributed by atoms with Crippen molar-refractivity contribution >= 4 is 34.1 Å². The fraction of sp³-hybridized carbons (Fsp3) is 0.105. The van der Waals surface area contributed by atoms with Crippen LogP contribution in [-0.2, 0) is 0 Å². The first-order chi connectivity index (χ1) is 10.7. The van der Waals surface area contributed by atoms with Crippen molar-refractivity contribution in [1.29, 1.82) is 0 Å². The Hall–Kier alpha value is -2.26. The van der Waals surface area contributed by atoms with Crippen LogP contribution in [0.4, 0.5) is 5.69 Å². The molecule has 1 N–H and O–H groups in total. The zero-order valence-electron chi connectivity index (χ0n) is 12.6. The van der Waals surface area contributed by atoms with E-state index in [-0.39, 0.29) is 5.91 Å². The SMILES string of the molecule is CSc1c(C)ccc2cccc(NC(=O)c3ccccc3)c12. The van der Waals surface area contributed by atoms with E-state index in [1.54, 1.807) is 11.8 Å². The van der Waals surface area contributed by atoms with Crippen molar-refractivity contribution in [3.8, 4) is 0 Å². The van der Waals surface area contributed by atoms with E-state index in [9.17, 15) is 4.79 Å². The van der Waals surface area contributed by atoms with Gasteiger partial charge in [0, 0.05) is 15.8 Å². The number of benzene rings is 3. The molecule has 0 saturated heterocycles. The van der Waals surface area contributed by atoms with E-state index in [1.165, 1.54) is 10.5 Å². The van der Waals surface area contributed by atoms with Gasteiger partial charge in [-0.15, -0.1) is 11.8 Å². The van der Waals surface area contributed by atoms with Gasteiger partial charge in [0.1, 0.15) is 0 Å². The van der Waals surface area contributed by atoms with Gasteiger partial charge < -0.3 is 5.32 Å². The summed E-state index contributed by atoms with van der Waals surface area (Å²) in [5.41, 5.74) is 2.75. The Morgan fingerprint density at radius 3 is 2.45 bits per heavy atom. The second-order valence-corrected chi connectivity index (χ2v) is 5.96. The smallest absolute Gasteiger partial charge is 0.255 e. The zero-order valence-corrected chi connectivity index (χ0v) is 13.4. The molecule has 0 unspecified atom stereocenters. The van der Waals surface area contributed by atoms with Crippen LogP contribution >= 0.6 is 11.8 Å². The van der Waals surface area contributed by atoms with Gasteiger partial charge in [-0.1, -0.05) is 42.5 Å². The lowest BCUT2D eigenvalue weighted by molar-refractivity contribution is 0.102. The Labute approximate surface area is 134 Å². The maximum atomic E-state index is 12.4. The average molecular weight is 307 g/mol. The number of amides is 1. The van der Waals surface area contributed by atoms with E-state index < -0.39 is 0 Å². The second kappa shape index (κ2) is 6.24. The summed E-state index contributed by atoms with van der Waals surface area (Å²) in [6.45, 7) is 2.10. The first-order valence-corrected chi connectivity index (χ1v) is 8.36. The summed E-state index contributed by atoms with van der Waals surface area (Å²) in [5, 5.41) is 5.30. The molecule has 0 saturated carbocycles. The summed E-state index contributed by atoms with van der Waals surface area (Å²) in [5.74, 6) is -0.0818. The molecule has 22 heavy (non-hydrogen) atoms. The molecule has 0 aromatic heterocycles. The highest BCUT2D eigenvalue weighted by Crippen LogP contribution is 2.35. The first kappa shape index (κ1) is 14.7. The number of hydrogen-bond donors (Lipinski definition) is 1. The number of rotatable bonds is 3. The molecule has 0 aliphatic heterocycles. The summed E-state index contributed by atoms with van der Waals surface area (Å²) in [4.78, 5) is 13.6. The van der Waals surface area contributed by atoms with Gasteiger partial charge in [-0.05, 0) is 42.3 Å². The van der Waals surface area contributed by atoms with Crippen molar-refractivity contribution in [2.75, 3.05) is 11.6 Å². The third kappa shape index (κ3) is 2.72. The van der Waals surface area contributed by atoms with Crippen LogP contribution in [0, 0.1) is 6.92 Å². The fourth-order valence-electron chi connectivity index (χ4n) is 2.60. The molecule has 0 bridgehead atoms. The molecule has 110 valence electrons. The van der Waals surface area contributed by atoms with E-state index >= 15 is 0 Å². The number of carbonyl (C=O) groups is 1. The zero-order chi connectivity index (χ0) is 15.5. The molecular weight excluding hydrogens is 290 g/mol. The van der Waals surface area contributed by atoms with Gasteiger partial charge in [0.2, 0.25) is 0 Å². The Kier molecular flexibility index (Phi) is 4.16. The van der Waals surface area contributed by atoms with E-state index in [0.717, 1.165) is 16.5 Å². The van der Waals surface area contributed by atoms with Gasteiger partial charge in [-0.25, -0.2) is 0 Å². The minimum atomic E-state index is -0.0818. The number of nitrogens with one attached hydrogen (secondary N) is 1. The first-order valence-electron chi connectivity index (χ1n) is 7.13. The van der Waals surface area contributed by atoms with Gasteiger partial charge in [-0.3, -0.25) is 4.79 Å². The van der Waals surface area contributed by atoms with E-state index in [2.05, 4.69) is 36.7 Å². The number of anilines is 1. The predicted octanol–water partition coefficient (Wildman–Crippen LogP) is 5.12. The molecule has 0 aliphatic rings. The van der Waals surface area contributed by atoms with Gasteiger partial charge in [0.25, 0.3) is 5.91 Å². The van der Waals surface area contributed by atoms with Crippen molar-refractivity contribution in [2.45, 2.75) is 11.8 Å². The van der Waals surface area contributed by atoms with Gasteiger partial charge in [0.15, 0.2) is 0 Å². The minimum Gasteiger partial charge on any atom is -0.321 e. The molecule has 3 aromatic rings. The van der Waals surface area contributed by atoms with Gasteiger partial charge in [-0.2, -0.15) is 0 Å². The van der Waals surface area contributed by atoms with Crippen LogP contribution in [0.3, 0.4) is 0 Å². The molecule has 0 spiro atoms. The molecular formula is C19H17NOS. The summed E-state index contributed by atoms with van der Waals surface area (Å²) < 4.78 is 0. The standard InChI is InChI=1S/C19H17NOS/c1-13-11-12-14-9-6-10-16(17(14)18(13)22-2)20-19(21)15-7-4-3-5-8-15/h3-12H,1-2H3,(H,20,21). The van der Waals surface area contributed by atoms with Crippen LogP contribution in [0.25, 0.3) is 10.8 Å². The highest BCUT2D eigenvalue weighted by Gasteiger charge is 2.11. The fourth-order valence-corrected chi connectivity index (χ4v) is 3.42. The third-order valence-corrected chi connectivity index (χ3v) is 4.62. The molecule has 2 nitrogen and oxygen atoms in total. The Bertz CT molecular complexity index is 827. The van der Waals surface area contributed by atoms with Gasteiger partial charge >= 0.3 is 0 Å². The van der Waals surface area contributed by atoms with Crippen molar-refractivity contribution in [3.05, 3.63) is 71.8 Å². The molecule has 1 amide bonds. The van der Waals surface area contributed by atoms with E-state index in [4.69, 9.17) is 0 Å². The highest BCUT2D eigenvalue weighted by molar-refractivity contribution is 7.98. The maximum Gasteiger partial charge on any atom is 0.255 e. The van der Waals surface area contributed by atoms with E-state index in [0.29, 0.717) is 5.56 Å². The number of hydrogen-bond acceptors (Lipinski definition) is 2. The molecule has 0 radical (unpaired) electrons. The van der Waals surface area contributed by atoms with Crippen LogP contribution < -0.4 is 5.32 Å². The van der Waals surface area contributed by atoms with Crippen LogP contribution in [0.1, 0.15) is 15.9 Å². The Morgan fingerprint density at radius 2 is 1.73 bits per heavy atom. The Balaban J connectivity index is 2.08. The lowest BCUT2D eigenvalue weighted by Gasteiger charge is -2.13. The highest BCUT2D eigenvalue weighted by atomic mass is 32.2. The number of thioether (sulfide) groups is 1. The third-order valence-electron chi connectivity index (χ3n) is 3.68. The van der Waals surface area contributed by atoms with Crippen LogP contribution in [0.2, 0.25) is 0 Å². The number of fused-ring (bicyclic) bond motifs is 1. The van der Waals surface area contributed by atoms with Crippen molar-refractivity contribution in [3.63, 3.8) is 0 Å². The van der Waals surface area contributed by atoms with Crippen LogP contribution in [0.5, 0.6) is 0 Å². The Morgan fingerprint density at radius 1 is 0.955 bits per heavy atom. The summed E-state index contributed by atoms with van der Waals surface area (Å²) >= 11 is 1.71. The normalized spacial score (nSPS) is 10.6. The topological polar surface area (TPSA) is 29.1 Å². The minimum absolute atomic E-state index is 0.0818. The molecule has 0 fully saturated rings. The monoisotopic (exact) mass is 307 g/mol. The van der Waals surface area contributed by atoms with Gasteiger partial charge in [0.05, 0.1) is 5.69 Å².